The van der Waals surface area contributed by atoms with Gasteiger partial charge in [0.05, 0.1) is 12.1 Å². The Morgan fingerprint density at radius 2 is 2.33 bits per heavy atom. The van der Waals surface area contributed by atoms with Crippen molar-refractivity contribution in [2.24, 2.45) is 0 Å². The number of hydrogen-bond donors (Lipinski definition) is 0. The number of amides is 1. The minimum Gasteiger partial charge on any atom is -0.438 e. The van der Waals surface area contributed by atoms with Gasteiger partial charge in [0.2, 0.25) is 0 Å². The fourth-order valence-electron chi connectivity index (χ4n) is 2.16. The Morgan fingerprint density at radius 3 is 3.00 bits per heavy atom. The lowest BCUT2D eigenvalue weighted by atomic mass is 10.0. The third-order valence-electron chi connectivity index (χ3n) is 2.94. The Bertz CT molecular complexity index is 258. The molecule has 0 aliphatic carbocycles. The number of likely N-dealkylation sites (N-methyl/N-ethyl adjacent to an activating group) is 1. The summed E-state index contributed by atoms with van der Waals surface area (Å²) in [7, 11) is 1.76. The molecule has 2 rings (SSSR count). The number of ether oxygens (including phenoxy) is 3. The van der Waals surface area contributed by atoms with Crippen LogP contribution < -0.4 is 0 Å². The van der Waals surface area contributed by atoms with Crippen molar-refractivity contribution >= 4 is 6.09 Å². The van der Waals surface area contributed by atoms with Crippen LogP contribution in [0, 0.1) is 0 Å². The lowest BCUT2D eigenvalue weighted by Gasteiger charge is -2.36. The topological polar surface area (TPSA) is 48.0 Å². The third kappa shape index (κ3) is 1.81. The molecule has 0 bridgehead atoms. The molecule has 0 aromatic heterocycles. The minimum absolute atomic E-state index is 0.0813. The second-order valence-corrected chi connectivity index (χ2v) is 4.03. The lowest BCUT2D eigenvalue weighted by Crippen LogP contribution is -2.50. The maximum Gasteiger partial charge on any atom is 0.410 e. The van der Waals surface area contributed by atoms with E-state index in [9.17, 15) is 4.79 Å². The molecule has 2 aliphatic heterocycles. The van der Waals surface area contributed by atoms with Crippen molar-refractivity contribution in [3.8, 4) is 0 Å². The molecule has 0 aromatic carbocycles. The predicted molar refractivity (Wildman–Crippen MR) is 52.4 cm³/mol. The molecule has 0 radical (unpaired) electrons. The Balaban J connectivity index is 2.12. The molecule has 86 valence electrons. The van der Waals surface area contributed by atoms with Crippen molar-refractivity contribution in [2.75, 3.05) is 13.7 Å². The summed E-state index contributed by atoms with van der Waals surface area (Å²) in [6, 6.07) is 0.0813. The van der Waals surface area contributed by atoms with Gasteiger partial charge in [-0.25, -0.2) is 4.79 Å². The summed E-state index contributed by atoms with van der Waals surface area (Å²) < 4.78 is 16.3. The Kier molecular flexibility index (Phi) is 2.84. The van der Waals surface area contributed by atoms with Crippen LogP contribution >= 0.6 is 0 Å². The molecular formula is C10H17NO4. The van der Waals surface area contributed by atoms with Gasteiger partial charge in [-0.1, -0.05) is 0 Å². The zero-order valence-corrected chi connectivity index (χ0v) is 9.30. The van der Waals surface area contributed by atoms with Gasteiger partial charge >= 0.3 is 6.09 Å². The summed E-state index contributed by atoms with van der Waals surface area (Å²) >= 11 is 0. The van der Waals surface area contributed by atoms with E-state index < -0.39 is 6.29 Å². The molecule has 0 spiro atoms. The first-order valence-electron chi connectivity index (χ1n) is 5.34. The Morgan fingerprint density at radius 1 is 1.60 bits per heavy atom. The van der Waals surface area contributed by atoms with Crippen molar-refractivity contribution in [3.05, 3.63) is 0 Å². The van der Waals surface area contributed by atoms with Gasteiger partial charge in [-0.2, -0.15) is 0 Å². The van der Waals surface area contributed by atoms with E-state index in [1.807, 2.05) is 13.8 Å². The molecule has 0 aromatic rings. The van der Waals surface area contributed by atoms with Gasteiger partial charge in [-0.05, 0) is 20.3 Å². The van der Waals surface area contributed by atoms with E-state index in [4.69, 9.17) is 14.2 Å². The van der Waals surface area contributed by atoms with E-state index in [2.05, 4.69) is 0 Å². The SMILES string of the molecule is CCO[C@H]1O[C@H](C)C[C@H]2[C@H]1OC(=O)N2C. The van der Waals surface area contributed by atoms with E-state index in [1.165, 1.54) is 0 Å². The second kappa shape index (κ2) is 3.98. The van der Waals surface area contributed by atoms with Crippen LogP contribution in [-0.4, -0.2) is 49.2 Å². The second-order valence-electron chi connectivity index (χ2n) is 4.03. The zero-order valence-electron chi connectivity index (χ0n) is 9.30. The molecule has 15 heavy (non-hydrogen) atoms. The number of nitrogens with zero attached hydrogens (tertiary/aromatic N) is 1. The highest BCUT2D eigenvalue weighted by atomic mass is 16.7. The number of carbonyl (C=O) groups is 1. The van der Waals surface area contributed by atoms with Crippen molar-refractivity contribution < 1.29 is 19.0 Å². The summed E-state index contributed by atoms with van der Waals surface area (Å²) in [4.78, 5) is 13.0. The van der Waals surface area contributed by atoms with Crippen LogP contribution in [0.4, 0.5) is 4.79 Å². The van der Waals surface area contributed by atoms with Gasteiger partial charge in [0, 0.05) is 13.7 Å². The van der Waals surface area contributed by atoms with Gasteiger partial charge in [0.25, 0.3) is 0 Å². The highest BCUT2D eigenvalue weighted by Gasteiger charge is 2.49. The van der Waals surface area contributed by atoms with E-state index in [1.54, 1.807) is 11.9 Å². The fraction of sp³-hybridized carbons (Fsp3) is 0.900. The standard InChI is InChI=1S/C10H17NO4/c1-4-13-9-8-7(5-6(2)14-9)11(3)10(12)15-8/h6-9H,4-5H2,1-3H3/t6-,7+,8-,9+/m1/s1. The summed E-state index contributed by atoms with van der Waals surface area (Å²) in [6.07, 6.45) is -0.0836. The van der Waals surface area contributed by atoms with E-state index in [0.29, 0.717) is 6.61 Å². The first kappa shape index (κ1) is 10.7. The molecule has 0 saturated carbocycles. The molecule has 1 amide bonds. The summed E-state index contributed by atoms with van der Waals surface area (Å²) in [5.41, 5.74) is 0. The number of carbonyl (C=O) groups excluding carboxylic acids is 1. The normalized spacial score (nSPS) is 40.2. The average Bonchev–Trinajstić information content (AvgIpc) is 2.46. The van der Waals surface area contributed by atoms with Crippen LogP contribution in [0.1, 0.15) is 20.3 Å². The molecule has 0 unspecified atom stereocenters. The molecule has 4 atom stereocenters. The van der Waals surface area contributed by atoms with Crippen LogP contribution in [0.15, 0.2) is 0 Å². The van der Waals surface area contributed by atoms with E-state index in [-0.39, 0.29) is 24.3 Å². The molecule has 5 nitrogen and oxygen atoms in total. The molecule has 5 heteroatoms. The summed E-state index contributed by atoms with van der Waals surface area (Å²) in [5, 5.41) is 0. The molecule has 2 heterocycles. The minimum atomic E-state index is -0.419. The smallest absolute Gasteiger partial charge is 0.410 e. The molecular weight excluding hydrogens is 198 g/mol. The largest absolute Gasteiger partial charge is 0.438 e. The molecule has 2 aliphatic rings. The van der Waals surface area contributed by atoms with Crippen molar-refractivity contribution in [3.63, 3.8) is 0 Å². The van der Waals surface area contributed by atoms with Gasteiger partial charge in [0.1, 0.15) is 0 Å². The monoisotopic (exact) mass is 215 g/mol. The highest BCUT2D eigenvalue weighted by molar-refractivity contribution is 5.70. The first-order valence-corrected chi connectivity index (χ1v) is 5.34. The van der Waals surface area contributed by atoms with Crippen LogP contribution in [0.25, 0.3) is 0 Å². The average molecular weight is 215 g/mol. The van der Waals surface area contributed by atoms with Crippen molar-refractivity contribution in [2.45, 2.75) is 44.8 Å². The van der Waals surface area contributed by atoms with Gasteiger partial charge < -0.3 is 19.1 Å². The maximum atomic E-state index is 11.4. The Hall–Kier alpha value is -0.810. The van der Waals surface area contributed by atoms with Gasteiger partial charge in [-0.3, -0.25) is 0 Å². The first-order chi connectivity index (χ1) is 7.13. The fourth-order valence-corrected chi connectivity index (χ4v) is 2.16. The predicted octanol–water partition coefficient (Wildman–Crippen LogP) is 0.977. The quantitative estimate of drug-likeness (QED) is 0.689. The number of rotatable bonds is 2. The van der Waals surface area contributed by atoms with Crippen LogP contribution in [0.3, 0.4) is 0 Å². The number of fused-ring (bicyclic) bond motifs is 1. The van der Waals surface area contributed by atoms with Crippen LogP contribution in [0.2, 0.25) is 0 Å². The lowest BCUT2D eigenvalue weighted by molar-refractivity contribution is -0.233. The van der Waals surface area contributed by atoms with Crippen LogP contribution in [0.5, 0.6) is 0 Å². The van der Waals surface area contributed by atoms with E-state index in [0.717, 1.165) is 6.42 Å². The van der Waals surface area contributed by atoms with E-state index >= 15 is 0 Å². The Labute approximate surface area is 89.3 Å². The zero-order chi connectivity index (χ0) is 11.0. The van der Waals surface area contributed by atoms with Gasteiger partial charge in [-0.15, -0.1) is 0 Å². The summed E-state index contributed by atoms with van der Waals surface area (Å²) in [6.45, 7) is 4.44. The van der Waals surface area contributed by atoms with Crippen molar-refractivity contribution in [1.82, 2.24) is 4.90 Å². The molecule has 2 fully saturated rings. The number of hydrogen-bond acceptors (Lipinski definition) is 4. The third-order valence-corrected chi connectivity index (χ3v) is 2.94. The molecule has 0 N–H and O–H groups in total. The maximum absolute atomic E-state index is 11.4. The summed E-state index contributed by atoms with van der Waals surface area (Å²) in [5.74, 6) is 0. The van der Waals surface area contributed by atoms with Crippen molar-refractivity contribution in [1.29, 1.82) is 0 Å². The van der Waals surface area contributed by atoms with Gasteiger partial charge in [0.15, 0.2) is 12.4 Å². The van der Waals surface area contributed by atoms with Crippen LogP contribution in [-0.2, 0) is 14.2 Å². The highest BCUT2D eigenvalue weighted by Crippen LogP contribution is 2.31. The molecule has 2 saturated heterocycles.